The molecule has 0 saturated carbocycles. The molecule has 9 N–H and O–H groups in total. The number of carbonyl (C=O) groups excluding carboxylic acids is 6. The lowest BCUT2D eigenvalue weighted by molar-refractivity contribution is -0.139. The number of nitrogens with zero attached hydrogens (tertiary/aromatic N) is 10. The van der Waals surface area contributed by atoms with Crippen LogP contribution in [-0.4, -0.2) is 144 Å². The number of aldehydes is 1. The molecule has 0 bridgehead atoms. The van der Waals surface area contributed by atoms with Crippen LogP contribution in [-0.2, 0) is 51.5 Å². The van der Waals surface area contributed by atoms with Gasteiger partial charge in [-0.2, -0.15) is 10.2 Å². The van der Waals surface area contributed by atoms with Gasteiger partial charge in [-0.1, -0.05) is 18.7 Å². The molecule has 2 unspecified atom stereocenters. The van der Waals surface area contributed by atoms with Crippen molar-refractivity contribution in [2.45, 2.75) is 89.3 Å². The second-order valence-corrected chi connectivity index (χ2v) is 19.5. The molecule has 2 aromatic carbocycles. The van der Waals surface area contributed by atoms with Gasteiger partial charge in [0.1, 0.15) is 45.7 Å². The van der Waals surface area contributed by atoms with Crippen molar-refractivity contribution >= 4 is 92.5 Å². The molecule has 26 heteroatoms. The molecule has 400 valence electrons. The fraction of sp³-hybridized carbons (Fsp3) is 0.388. The third kappa shape index (κ3) is 13.4. The van der Waals surface area contributed by atoms with E-state index in [0.29, 0.717) is 75.5 Å². The maximum atomic E-state index is 13.9. The Balaban J connectivity index is 0.00000452. The van der Waals surface area contributed by atoms with Crippen molar-refractivity contribution in [1.29, 1.82) is 0 Å². The summed E-state index contributed by atoms with van der Waals surface area (Å²) in [6.45, 7) is 12.2. The molecule has 7 rings (SSSR count). The van der Waals surface area contributed by atoms with Gasteiger partial charge >= 0.3 is 0 Å². The van der Waals surface area contributed by atoms with Gasteiger partial charge in [0.05, 0.1) is 50.7 Å². The van der Waals surface area contributed by atoms with Gasteiger partial charge < -0.3 is 35.3 Å². The average molecular weight is 1070 g/mol. The molecule has 1 aliphatic rings. The van der Waals surface area contributed by atoms with Crippen LogP contribution in [0.3, 0.4) is 0 Å². The number of aromatic nitrogens is 8. The fourth-order valence-corrected chi connectivity index (χ4v) is 9.78. The number of likely N-dealkylation sites (tertiary alicyclic amines) is 1. The number of imide groups is 1. The summed E-state index contributed by atoms with van der Waals surface area (Å²) in [6.07, 6.45) is 4.57. The number of thioether (sulfide) groups is 1. The minimum atomic E-state index is -1.78. The summed E-state index contributed by atoms with van der Waals surface area (Å²) in [7, 11) is 1.33. The maximum Gasteiger partial charge on any atom is 0.276 e. The number of aliphatic hydroxyl groups is 1. The van der Waals surface area contributed by atoms with Crippen LogP contribution in [0.2, 0.25) is 0 Å². The van der Waals surface area contributed by atoms with Gasteiger partial charge in [0.2, 0.25) is 29.6 Å². The first-order valence-electron chi connectivity index (χ1n) is 24.0. The Morgan fingerprint density at radius 3 is 2.13 bits per heavy atom. The standard InChI is InChI=1S/C48H58N14O9S2.CH5N/c1-7-61-37(20-28(3)55-61)44(67)53-47-51-34-24-32(73(50)70)12-13-36(34)58(47)16-9-10-17-60-43-35(52-48(60)54-45(68)38-21-29(4)56-62(38)8-2)22-31(26-63)23-39(43)71-19-11-15-57(6)41(65)14-18-59-42(66)25-40(46(59)69)72-27-33(49)30(5)64;1-2/h9-10,12-13,20-24,26,33,40,64H,5,7-8,11,14-19,25,27,49-50H2,1-4,6H3,(H,51,53,67)(H,52,54,68);2H2,1H3/b10-9+;/t33-,40?,73?;/m0./s1. The number of hydrogen-bond donors (Lipinski definition) is 6. The summed E-state index contributed by atoms with van der Waals surface area (Å²) in [4.78, 5) is 90.9. The smallest absolute Gasteiger partial charge is 0.276 e. The van der Waals surface area contributed by atoms with Crippen molar-refractivity contribution in [2.75, 3.05) is 50.2 Å². The molecule has 24 nitrogen and oxygen atoms in total. The Morgan fingerprint density at radius 1 is 0.947 bits per heavy atom. The number of nitrogens with one attached hydrogen (secondary N) is 2. The Hall–Kier alpha value is -7.52. The van der Waals surface area contributed by atoms with Crippen molar-refractivity contribution < 1.29 is 42.8 Å². The number of fused-ring (bicyclic) bond motifs is 2. The number of benzene rings is 2. The number of hydrogen-bond acceptors (Lipinski definition) is 16. The van der Waals surface area contributed by atoms with E-state index in [4.69, 9.17) is 20.6 Å². The van der Waals surface area contributed by atoms with E-state index in [1.54, 1.807) is 81.9 Å². The minimum absolute atomic E-state index is 0.0258. The Bertz CT molecular complexity index is 3180. The van der Waals surface area contributed by atoms with Crippen molar-refractivity contribution in [2.24, 2.45) is 16.6 Å². The summed E-state index contributed by atoms with van der Waals surface area (Å²) in [5, 5.41) is 29.2. The van der Waals surface area contributed by atoms with E-state index in [2.05, 4.69) is 38.1 Å². The van der Waals surface area contributed by atoms with Crippen molar-refractivity contribution in [1.82, 2.24) is 48.5 Å². The summed E-state index contributed by atoms with van der Waals surface area (Å²) < 4.78 is 25.2. The van der Waals surface area contributed by atoms with Crippen LogP contribution in [0.4, 0.5) is 11.9 Å². The van der Waals surface area contributed by atoms with E-state index < -0.39 is 40.0 Å². The number of carbonyl (C=O) groups is 6. The summed E-state index contributed by atoms with van der Waals surface area (Å²) in [6, 6.07) is 10.7. The van der Waals surface area contributed by atoms with E-state index in [9.17, 15) is 38.1 Å². The number of amides is 5. The molecule has 1 saturated heterocycles. The van der Waals surface area contributed by atoms with Gasteiger partial charge in [-0.05, 0) is 83.6 Å². The van der Waals surface area contributed by atoms with Crippen LogP contribution in [0.1, 0.15) is 75.8 Å². The number of imidazole rings is 2. The molecule has 0 aliphatic carbocycles. The number of ether oxygens (including phenoxy) is 1. The number of anilines is 2. The van der Waals surface area contributed by atoms with E-state index >= 15 is 0 Å². The second kappa shape index (κ2) is 25.6. The normalized spacial score (nSPS) is 14.3. The number of allylic oxidation sites excluding steroid dienone is 2. The monoisotopic (exact) mass is 1070 g/mol. The molecule has 5 amide bonds. The number of aliphatic hydroxyl groups excluding tert-OH is 1. The number of nitrogens with two attached hydrogens (primary N) is 3. The van der Waals surface area contributed by atoms with Crippen molar-refractivity contribution in [3.63, 3.8) is 0 Å². The predicted molar refractivity (Wildman–Crippen MR) is 286 cm³/mol. The SMILES string of the molecule is C=C(O)[C@@H](N)CSC1CC(=O)N(CCC(=O)N(C)CCCOc2cc(C=O)cc3nc(NC(=O)c4cc(C)nn4CC)n(C/C=C/Cn4c(NC(=O)c5cc(C)nn5CC)nc5cc(S(N)=O)ccc54)c23)C1=O.CN. The zero-order valence-corrected chi connectivity index (χ0v) is 44.3. The highest BCUT2D eigenvalue weighted by Gasteiger charge is 2.39. The molecule has 1 aliphatic heterocycles. The van der Waals surface area contributed by atoms with E-state index in [-0.39, 0.29) is 92.2 Å². The van der Waals surface area contributed by atoms with Gasteiger partial charge in [0.25, 0.3) is 11.8 Å². The summed E-state index contributed by atoms with van der Waals surface area (Å²) in [5.41, 5.74) is 14.4. The molecular weight excluding hydrogens is 1010 g/mol. The zero-order chi connectivity index (χ0) is 54.7. The quantitative estimate of drug-likeness (QED) is 0.0166. The highest BCUT2D eigenvalue weighted by Crippen LogP contribution is 2.32. The third-order valence-corrected chi connectivity index (χ3v) is 14.0. The summed E-state index contributed by atoms with van der Waals surface area (Å²) in [5.74, 6) is -1.34. The molecule has 5 heterocycles. The highest BCUT2D eigenvalue weighted by molar-refractivity contribution is 8.00. The largest absolute Gasteiger partial charge is 0.511 e. The maximum absolute atomic E-state index is 13.9. The molecule has 1 fully saturated rings. The van der Waals surface area contributed by atoms with Gasteiger partial charge in [0.15, 0.2) is 0 Å². The topological polar surface area (TPSA) is 329 Å². The molecule has 75 heavy (non-hydrogen) atoms. The first-order chi connectivity index (χ1) is 35.9. The minimum Gasteiger partial charge on any atom is -0.511 e. The molecule has 0 spiro atoms. The van der Waals surface area contributed by atoms with E-state index in [1.165, 1.54) is 11.9 Å². The third-order valence-electron chi connectivity index (χ3n) is 12.0. The average Bonchev–Trinajstić information content (AvgIpc) is 4.21. The van der Waals surface area contributed by atoms with Crippen LogP contribution < -0.4 is 32.0 Å². The molecule has 6 aromatic rings. The second-order valence-electron chi connectivity index (χ2n) is 17.2. The lowest BCUT2D eigenvalue weighted by atomic mass is 10.2. The van der Waals surface area contributed by atoms with Crippen LogP contribution in [0, 0.1) is 13.8 Å². The number of rotatable bonds is 24. The van der Waals surface area contributed by atoms with Crippen LogP contribution in [0.25, 0.3) is 22.1 Å². The van der Waals surface area contributed by atoms with Gasteiger partial charge in [-0.15, -0.1) is 11.8 Å². The van der Waals surface area contributed by atoms with Gasteiger partial charge in [-0.3, -0.25) is 53.7 Å². The first kappa shape index (κ1) is 56.8. The Labute approximate surface area is 439 Å². The lowest BCUT2D eigenvalue weighted by Gasteiger charge is -2.20. The number of aryl methyl sites for hydroxylation is 4. The fourth-order valence-electron chi connectivity index (χ4n) is 8.19. The Kier molecular flexibility index (Phi) is 19.4. The molecule has 4 aromatic heterocycles. The van der Waals surface area contributed by atoms with E-state index in [0.717, 1.165) is 16.7 Å². The van der Waals surface area contributed by atoms with Crippen molar-refractivity contribution in [3.05, 3.63) is 95.3 Å². The first-order valence-corrected chi connectivity index (χ1v) is 26.2. The Morgan fingerprint density at radius 2 is 1.55 bits per heavy atom. The lowest BCUT2D eigenvalue weighted by Crippen LogP contribution is -2.37. The molecule has 3 atom stereocenters. The highest BCUT2D eigenvalue weighted by atomic mass is 32.2. The van der Waals surface area contributed by atoms with Crippen molar-refractivity contribution in [3.8, 4) is 5.75 Å². The van der Waals surface area contributed by atoms with Gasteiger partial charge in [0, 0.05) is 70.5 Å². The van der Waals surface area contributed by atoms with Gasteiger partial charge in [-0.25, -0.2) is 19.3 Å². The molecular formula is C49H63N15O9S2. The van der Waals surface area contributed by atoms with Crippen LogP contribution in [0.15, 0.2) is 71.9 Å². The summed E-state index contributed by atoms with van der Waals surface area (Å²) >= 11 is 1.16. The van der Waals surface area contributed by atoms with E-state index in [1.807, 2.05) is 26.0 Å². The zero-order valence-electron chi connectivity index (χ0n) is 42.6. The van der Waals surface area contributed by atoms with Crippen LogP contribution in [0.5, 0.6) is 5.75 Å². The predicted octanol–water partition coefficient (Wildman–Crippen LogP) is 3.44. The molecule has 0 radical (unpaired) electrons. The van der Waals surface area contributed by atoms with Crippen LogP contribution >= 0.6 is 11.8 Å².